The van der Waals surface area contributed by atoms with Crippen LogP contribution in [0.1, 0.15) is 32.1 Å². The molecule has 15 heavy (non-hydrogen) atoms. The van der Waals surface area contributed by atoms with Crippen LogP contribution in [0.3, 0.4) is 0 Å². The summed E-state index contributed by atoms with van der Waals surface area (Å²) in [5.74, 6) is 0. The Morgan fingerprint density at radius 3 is 2.47 bits per heavy atom. The van der Waals surface area contributed by atoms with Crippen molar-refractivity contribution < 1.29 is 4.79 Å². The van der Waals surface area contributed by atoms with Gasteiger partial charge in [0.25, 0.3) is 0 Å². The quantitative estimate of drug-likeness (QED) is 0.394. The lowest BCUT2D eigenvalue weighted by atomic mass is 9.96. The fourth-order valence-electron chi connectivity index (χ4n) is 1.64. The molecule has 0 saturated heterocycles. The first-order chi connectivity index (χ1) is 7.22. The van der Waals surface area contributed by atoms with E-state index >= 15 is 0 Å². The fraction of sp³-hybridized carbons (Fsp3) is 0.778. The van der Waals surface area contributed by atoms with Crippen LogP contribution < -0.4 is 21.5 Å². The lowest BCUT2D eigenvalue weighted by Gasteiger charge is -2.23. The van der Waals surface area contributed by atoms with Crippen LogP contribution in [0, 0.1) is 0 Å². The second-order valence-electron chi connectivity index (χ2n) is 3.64. The van der Waals surface area contributed by atoms with Gasteiger partial charge in [-0.05, 0) is 25.1 Å². The minimum Gasteiger partial charge on any atom is -0.364 e. The molecule has 0 atom stereocenters. The van der Waals surface area contributed by atoms with Crippen molar-refractivity contribution in [2.45, 2.75) is 38.1 Å². The molecule has 6 heteroatoms. The van der Waals surface area contributed by atoms with Gasteiger partial charge in [0, 0.05) is 13.1 Å². The molecular formula is C9H18N4OS. The number of carbonyl (C=O) groups excluding carboxylic acids is 1. The molecule has 0 bridgehead atoms. The molecule has 0 unspecified atom stereocenters. The third-order valence-corrected chi connectivity index (χ3v) is 2.76. The largest absolute Gasteiger partial charge is 0.364 e. The number of thiocarbonyl (C=S) groups is 1. The average molecular weight is 230 g/mol. The van der Waals surface area contributed by atoms with E-state index in [9.17, 15) is 4.79 Å². The number of hydrazine groups is 1. The van der Waals surface area contributed by atoms with Crippen molar-refractivity contribution in [3.63, 3.8) is 0 Å². The molecule has 1 fully saturated rings. The van der Waals surface area contributed by atoms with Crippen LogP contribution in [-0.4, -0.2) is 24.2 Å². The molecule has 4 N–H and O–H groups in total. The molecule has 0 aliphatic heterocycles. The van der Waals surface area contributed by atoms with E-state index in [1.165, 1.54) is 19.3 Å². The summed E-state index contributed by atoms with van der Waals surface area (Å²) in [5, 5.41) is 6.00. The van der Waals surface area contributed by atoms with E-state index in [-0.39, 0.29) is 6.03 Å². The maximum absolute atomic E-state index is 11.4. The summed E-state index contributed by atoms with van der Waals surface area (Å²) in [7, 11) is 1.69. The van der Waals surface area contributed by atoms with Gasteiger partial charge in [-0.15, -0.1) is 0 Å². The highest BCUT2D eigenvalue weighted by molar-refractivity contribution is 7.80. The van der Waals surface area contributed by atoms with E-state index in [4.69, 9.17) is 12.2 Å². The predicted molar refractivity (Wildman–Crippen MR) is 63.3 cm³/mol. The van der Waals surface area contributed by atoms with Crippen molar-refractivity contribution in [2.24, 2.45) is 0 Å². The van der Waals surface area contributed by atoms with E-state index < -0.39 is 0 Å². The van der Waals surface area contributed by atoms with Gasteiger partial charge in [0.2, 0.25) is 0 Å². The van der Waals surface area contributed by atoms with Crippen LogP contribution in [0.5, 0.6) is 0 Å². The van der Waals surface area contributed by atoms with Gasteiger partial charge in [-0.2, -0.15) is 0 Å². The maximum atomic E-state index is 11.4. The Hall–Kier alpha value is -1.04. The summed E-state index contributed by atoms with van der Waals surface area (Å²) in [4.78, 5) is 11.4. The van der Waals surface area contributed by atoms with Crippen molar-refractivity contribution in [3.8, 4) is 0 Å². The molecule has 0 aromatic carbocycles. The minimum absolute atomic E-state index is 0.223. The van der Waals surface area contributed by atoms with Gasteiger partial charge in [-0.25, -0.2) is 10.2 Å². The third kappa shape index (κ3) is 4.83. The Morgan fingerprint density at radius 1 is 1.20 bits per heavy atom. The molecule has 0 aromatic heterocycles. The topological polar surface area (TPSA) is 65.2 Å². The summed E-state index contributed by atoms with van der Waals surface area (Å²) in [6.45, 7) is 0. The second-order valence-corrected chi connectivity index (χ2v) is 4.05. The third-order valence-electron chi connectivity index (χ3n) is 2.46. The van der Waals surface area contributed by atoms with Gasteiger partial charge < -0.3 is 10.6 Å². The Balaban J connectivity index is 2.14. The number of carbonyl (C=O) groups is 1. The van der Waals surface area contributed by atoms with E-state index in [1.54, 1.807) is 7.05 Å². The van der Waals surface area contributed by atoms with Gasteiger partial charge in [-0.1, -0.05) is 19.3 Å². The van der Waals surface area contributed by atoms with Gasteiger partial charge in [0.1, 0.15) is 0 Å². The van der Waals surface area contributed by atoms with Crippen molar-refractivity contribution in [3.05, 3.63) is 0 Å². The summed E-state index contributed by atoms with van der Waals surface area (Å²) in [6, 6.07) is 0.0863. The normalized spacial score (nSPS) is 16.6. The lowest BCUT2D eigenvalue weighted by Crippen LogP contribution is -2.52. The molecule has 5 nitrogen and oxygen atoms in total. The summed E-state index contributed by atoms with van der Waals surface area (Å²) in [5.41, 5.74) is 5.06. The first kappa shape index (κ1) is 12.0. The zero-order valence-corrected chi connectivity index (χ0v) is 9.75. The Kier molecular flexibility index (Phi) is 5.17. The van der Waals surface area contributed by atoms with Gasteiger partial charge >= 0.3 is 6.03 Å². The van der Waals surface area contributed by atoms with Crippen LogP contribution >= 0.6 is 12.2 Å². The molecule has 0 radical (unpaired) electrons. The average Bonchev–Trinajstić information content (AvgIpc) is 2.27. The second kappa shape index (κ2) is 6.44. The molecule has 1 saturated carbocycles. The Bertz CT molecular complexity index is 228. The van der Waals surface area contributed by atoms with Crippen LogP contribution in [0.2, 0.25) is 0 Å². The van der Waals surface area contributed by atoms with Crippen molar-refractivity contribution >= 4 is 23.4 Å². The molecule has 86 valence electrons. The summed E-state index contributed by atoms with van der Waals surface area (Å²) < 4.78 is 0. The number of urea groups is 1. The highest BCUT2D eigenvalue weighted by Crippen LogP contribution is 2.16. The molecule has 0 aromatic rings. The van der Waals surface area contributed by atoms with Crippen LogP contribution in [0.25, 0.3) is 0 Å². The van der Waals surface area contributed by atoms with Crippen LogP contribution in [0.15, 0.2) is 0 Å². The highest BCUT2D eigenvalue weighted by atomic mass is 32.1. The lowest BCUT2D eigenvalue weighted by molar-refractivity contribution is 0.231. The van der Waals surface area contributed by atoms with Gasteiger partial charge in [0.05, 0.1) is 0 Å². The Labute approximate surface area is 95.3 Å². The molecule has 0 spiro atoms. The number of hydrogen-bond acceptors (Lipinski definition) is 2. The monoisotopic (exact) mass is 230 g/mol. The van der Waals surface area contributed by atoms with Crippen molar-refractivity contribution in [2.75, 3.05) is 7.05 Å². The van der Waals surface area contributed by atoms with Gasteiger partial charge in [-0.3, -0.25) is 5.43 Å². The zero-order valence-electron chi connectivity index (χ0n) is 8.93. The van der Waals surface area contributed by atoms with Gasteiger partial charge in [0.15, 0.2) is 5.11 Å². The highest BCUT2D eigenvalue weighted by Gasteiger charge is 2.15. The number of rotatable bonds is 1. The smallest absolute Gasteiger partial charge is 0.333 e. The summed E-state index contributed by atoms with van der Waals surface area (Å²) in [6.07, 6.45) is 5.83. The van der Waals surface area contributed by atoms with E-state index in [1.807, 2.05) is 0 Å². The molecule has 2 amide bonds. The van der Waals surface area contributed by atoms with E-state index in [2.05, 4.69) is 21.5 Å². The predicted octanol–water partition coefficient (Wildman–Crippen LogP) is 0.627. The number of hydrogen-bond donors (Lipinski definition) is 4. The summed E-state index contributed by atoms with van der Waals surface area (Å²) >= 11 is 4.81. The number of amides is 2. The SMILES string of the molecule is CNC(=S)NNC(=O)NC1CCCCC1. The van der Waals surface area contributed by atoms with E-state index in [0.717, 1.165) is 12.8 Å². The van der Waals surface area contributed by atoms with Crippen molar-refractivity contribution in [1.82, 2.24) is 21.5 Å². The Morgan fingerprint density at radius 2 is 1.87 bits per heavy atom. The first-order valence-electron chi connectivity index (χ1n) is 5.26. The molecular weight excluding hydrogens is 212 g/mol. The van der Waals surface area contributed by atoms with E-state index in [0.29, 0.717) is 11.2 Å². The van der Waals surface area contributed by atoms with Crippen LogP contribution in [0.4, 0.5) is 4.79 Å². The zero-order chi connectivity index (χ0) is 11.1. The molecule has 1 rings (SSSR count). The maximum Gasteiger partial charge on any atom is 0.333 e. The fourth-order valence-corrected chi connectivity index (χ4v) is 1.70. The molecule has 1 aliphatic carbocycles. The van der Waals surface area contributed by atoms with Crippen molar-refractivity contribution in [1.29, 1.82) is 0 Å². The minimum atomic E-state index is -0.223. The number of nitrogens with one attached hydrogen (secondary N) is 4. The molecule has 0 heterocycles. The van der Waals surface area contributed by atoms with Crippen LogP contribution in [-0.2, 0) is 0 Å². The standard InChI is InChI=1S/C9H18N4OS/c1-10-9(15)13-12-8(14)11-7-5-3-2-4-6-7/h7H,2-6H2,1H3,(H2,10,13,15)(H2,11,12,14). The molecule has 1 aliphatic rings. The first-order valence-corrected chi connectivity index (χ1v) is 5.67.